The van der Waals surface area contributed by atoms with E-state index in [2.05, 4.69) is 4.98 Å². The van der Waals surface area contributed by atoms with Gasteiger partial charge in [0.2, 0.25) is 0 Å². The fourth-order valence-corrected chi connectivity index (χ4v) is 1.38. The molecule has 1 heterocycles. The number of hydrogen-bond acceptors (Lipinski definition) is 5. The van der Waals surface area contributed by atoms with Crippen molar-refractivity contribution in [2.75, 3.05) is 0 Å². The van der Waals surface area contributed by atoms with E-state index >= 15 is 0 Å². The minimum absolute atomic E-state index is 0.0357. The number of pyridine rings is 1. The van der Waals surface area contributed by atoms with Crippen LogP contribution < -0.4 is 10.6 Å². The van der Waals surface area contributed by atoms with Gasteiger partial charge in [-0.25, -0.2) is 4.98 Å². The van der Waals surface area contributed by atoms with Crippen LogP contribution in [0.15, 0.2) is 6.07 Å². The first-order valence-corrected chi connectivity index (χ1v) is 4.67. The van der Waals surface area contributed by atoms with Gasteiger partial charge in [-0.2, -0.15) is 15.8 Å². The molecule has 0 saturated heterocycles. The number of aliphatic hydroxyl groups is 1. The van der Waals surface area contributed by atoms with Crippen molar-refractivity contribution in [3.8, 4) is 18.2 Å². The molecule has 0 amide bonds. The molecule has 5 heteroatoms. The second-order valence-corrected chi connectivity index (χ2v) is 3.31. The number of nitriles is 3. The standard InChI is InChI=1S/C12H8N4O/c1-7-11(8(2)17)3-9(4-13)12(16-7)10(5-14)6-15/h3,17H,1-2H3/b11-8+. The van der Waals surface area contributed by atoms with E-state index in [1.807, 2.05) is 6.07 Å². The summed E-state index contributed by atoms with van der Waals surface area (Å²) in [7, 11) is 0. The third kappa shape index (κ3) is 2.22. The summed E-state index contributed by atoms with van der Waals surface area (Å²) in [5, 5.41) is 36.3. The highest BCUT2D eigenvalue weighted by molar-refractivity contribution is 5.72. The van der Waals surface area contributed by atoms with Crippen LogP contribution in [0, 0.1) is 40.9 Å². The Kier molecular flexibility index (Phi) is 3.44. The molecule has 0 fully saturated rings. The summed E-state index contributed by atoms with van der Waals surface area (Å²) in [6, 6.07) is 6.66. The lowest BCUT2D eigenvalue weighted by molar-refractivity contribution is 0.498. The van der Waals surface area contributed by atoms with Crippen molar-refractivity contribution in [3.63, 3.8) is 0 Å². The van der Waals surface area contributed by atoms with Gasteiger partial charge in [0.15, 0.2) is 5.57 Å². The summed E-state index contributed by atoms with van der Waals surface area (Å²) in [5.74, 6) is 0.0357. The van der Waals surface area contributed by atoms with Gasteiger partial charge < -0.3 is 5.11 Å². The van der Waals surface area contributed by atoms with Crippen LogP contribution in [0.5, 0.6) is 0 Å². The molecule has 0 bridgehead atoms. The molecule has 1 rings (SSSR count). The first-order valence-electron chi connectivity index (χ1n) is 4.67. The normalized spacial score (nSPS) is 10.8. The van der Waals surface area contributed by atoms with Gasteiger partial charge in [-0.1, -0.05) is 0 Å². The molecule has 1 N–H and O–H groups in total. The van der Waals surface area contributed by atoms with Crippen LogP contribution in [0.25, 0.3) is 11.3 Å². The molecule has 1 aromatic rings. The predicted molar refractivity (Wildman–Crippen MR) is 59.3 cm³/mol. The zero-order valence-electron chi connectivity index (χ0n) is 9.31. The van der Waals surface area contributed by atoms with Crippen LogP contribution >= 0.6 is 0 Å². The van der Waals surface area contributed by atoms with E-state index in [1.165, 1.54) is 13.0 Å². The van der Waals surface area contributed by atoms with Crippen LogP contribution in [-0.4, -0.2) is 10.1 Å². The second-order valence-electron chi connectivity index (χ2n) is 3.31. The molecular weight excluding hydrogens is 216 g/mol. The lowest BCUT2D eigenvalue weighted by Gasteiger charge is -1.99. The van der Waals surface area contributed by atoms with Crippen molar-refractivity contribution in [1.29, 1.82) is 15.8 Å². The summed E-state index contributed by atoms with van der Waals surface area (Å²) in [6.07, 6.45) is 0. The Morgan fingerprint density at radius 1 is 1.29 bits per heavy atom. The van der Waals surface area contributed by atoms with Crippen molar-refractivity contribution in [3.05, 3.63) is 27.9 Å². The summed E-state index contributed by atoms with van der Waals surface area (Å²) >= 11 is 0. The highest BCUT2D eigenvalue weighted by Gasteiger charge is 2.06. The first-order chi connectivity index (χ1) is 8.04. The molecule has 0 atom stereocenters. The van der Waals surface area contributed by atoms with E-state index in [1.54, 1.807) is 19.1 Å². The average molecular weight is 224 g/mol. The maximum atomic E-state index is 9.40. The zero-order chi connectivity index (χ0) is 13.0. The molecule has 0 radical (unpaired) electrons. The van der Waals surface area contributed by atoms with Crippen LogP contribution in [-0.2, 0) is 0 Å². The number of aliphatic hydroxyl groups excluding tert-OH is 1. The third-order valence-corrected chi connectivity index (χ3v) is 2.18. The van der Waals surface area contributed by atoms with E-state index in [0.717, 1.165) is 0 Å². The number of rotatable bonds is 0. The van der Waals surface area contributed by atoms with E-state index < -0.39 is 0 Å². The Morgan fingerprint density at radius 2 is 1.88 bits per heavy atom. The third-order valence-electron chi connectivity index (χ3n) is 2.18. The monoisotopic (exact) mass is 224 g/mol. The predicted octanol–water partition coefficient (Wildman–Crippen LogP) is 0.146. The second kappa shape index (κ2) is 4.79. The SMILES string of the molecule is C/C(O)=c1/cc(C#N)c(=C(C#N)C#N)nc1C. The van der Waals surface area contributed by atoms with E-state index in [-0.39, 0.29) is 22.2 Å². The van der Waals surface area contributed by atoms with Crippen LogP contribution in [0.1, 0.15) is 18.2 Å². The number of aryl methyl sites for hydroxylation is 1. The molecule has 1 aromatic heterocycles. The minimum atomic E-state index is -0.216. The van der Waals surface area contributed by atoms with E-state index in [4.69, 9.17) is 15.8 Å². The molecule has 5 nitrogen and oxygen atoms in total. The first kappa shape index (κ1) is 12.2. The summed E-state index contributed by atoms with van der Waals surface area (Å²) in [5.41, 5.74) is 0.339. The van der Waals surface area contributed by atoms with Gasteiger partial charge in [-0.05, 0) is 19.9 Å². The molecule has 0 aromatic carbocycles. The zero-order valence-corrected chi connectivity index (χ0v) is 9.31. The van der Waals surface area contributed by atoms with Crippen molar-refractivity contribution < 1.29 is 5.11 Å². The highest BCUT2D eigenvalue weighted by atomic mass is 16.3. The van der Waals surface area contributed by atoms with E-state index in [0.29, 0.717) is 10.9 Å². The molecular formula is C12H8N4O. The molecule has 0 aliphatic heterocycles. The Morgan fingerprint density at radius 3 is 2.29 bits per heavy atom. The van der Waals surface area contributed by atoms with Gasteiger partial charge in [0.05, 0.1) is 11.3 Å². The summed E-state index contributed by atoms with van der Waals surface area (Å²) in [6.45, 7) is 3.11. The molecule has 17 heavy (non-hydrogen) atoms. The summed E-state index contributed by atoms with van der Waals surface area (Å²) < 4.78 is 0. The Labute approximate surface area is 97.8 Å². The molecule has 0 unspecified atom stereocenters. The van der Waals surface area contributed by atoms with Crippen molar-refractivity contribution >= 4 is 11.3 Å². The van der Waals surface area contributed by atoms with Crippen molar-refractivity contribution in [1.82, 2.24) is 4.98 Å². The molecule has 0 aliphatic rings. The number of nitrogens with zero attached hydrogens (tertiary/aromatic N) is 4. The lowest BCUT2D eigenvalue weighted by Crippen LogP contribution is -2.24. The molecule has 0 spiro atoms. The van der Waals surface area contributed by atoms with E-state index in [9.17, 15) is 5.11 Å². The number of hydrogen-bond donors (Lipinski definition) is 1. The smallest absolute Gasteiger partial charge is 0.156 e. The fraction of sp³-hybridized carbons (Fsp3) is 0.167. The maximum Gasteiger partial charge on any atom is 0.156 e. The van der Waals surface area contributed by atoms with Gasteiger partial charge in [-0.15, -0.1) is 0 Å². The molecule has 0 aliphatic carbocycles. The van der Waals surface area contributed by atoms with Gasteiger partial charge in [0, 0.05) is 10.9 Å². The average Bonchev–Trinajstić information content (AvgIpc) is 2.30. The van der Waals surface area contributed by atoms with Crippen LogP contribution in [0.4, 0.5) is 0 Å². The largest absolute Gasteiger partial charge is 0.512 e. The Bertz CT molecular complexity index is 691. The van der Waals surface area contributed by atoms with Crippen molar-refractivity contribution in [2.24, 2.45) is 0 Å². The summed E-state index contributed by atoms with van der Waals surface area (Å²) in [4.78, 5) is 4.02. The number of aromatic nitrogens is 1. The topological polar surface area (TPSA) is 104 Å². The fourth-order valence-electron chi connectivity index (χ4n) is 1.38. The van der Waals surface area contributed by atoms with Gasteiger partial charge in [0.25, 0.3) is 0 Å². The minimum Gasteiger partial charge on any atom is -0.512 e. The Hall–Kier alpha value is -2.84. The van der Waals surface area contributed by atoms with Crippen LogP contribution in [0.2, 0.25) is 0 Å². The molecule has 0 saturated carbocycles. The van der Waals surface area contributed by atoms with Gasteiger partial charge >= 0.3 is 0 Å². The highest BCUT2D eigenvalue weighted by Crippen LogP contribution is 1.93. The van der Waals surface area contributed by atoms with Gasteiger partial charge in [0.1, 0.15) is 23.6 Å². The molecule has 82 valence electrons. The van der Waals surface area contributed by atoms with Crippen LogP contribution in [0.3, 0.4) is 0 Å². The lowest BCUT2D eigenvalue weighted by atomic mass is 10.1. The quantitative estimate of drug-likeness (QED) is 0.675. The van der Waals surface area contributed by atoms with Gasteiger partial charge in [-0.3, -0.25) is 0 Å². The maximum absolute atomic E-state index is 9.40. The Balaban J connectivity index is 3.99. The van der Waals surface area contributed by atoms with Crippen molar-refractivity contribution in [2.45, 2.75) is 13.8 Å².